The molecule has 0 aliphatic rings. The molecule has 2 aromatic heterocycles. The van der Waals surface area contributed by atoms with Crippen LogP contribution in [-0.4, -0.2) is 27.4 Å². The van der Waals surface area contributed by atoms with Crippen molar-refractivity contribution in [2.24, 2.45) is 0 Å². The van der Waals surface area contributed by atoms with Crippen LogP contribution in [0.4, 0.5) is 5.69 Å². The SMILES string of the molecule is CC(NC(=O)c1ccc(Br)s1)C(=O)Nc1ccc(-c2csnn2)cc1. The van der Waals surface area contributed by atoms with Gasteiger partial charge in [-0.2, -0.15) is 0 Å². The number of carbonyl (C=O) groups is 2. The second-order valence-electron chi connectivity index (χ2n) is 5.16. The molecule has 2 heterocycles. The van der Waals surface area contributed by atoms with E-state index in [1.807, 2.05) is 17.5 Å². The molecule has 0 fully saturated rings. The van der Waals surface area contributed by atoms with E-state index in [1.54, 1.807) is 31.2 Å². The van der Waals surface area contributed by atoms with E-state index in [0.29, 0.717) is 10.6 Å². The van der Waals surface area contributed by atoms with Gasteiger partial charge in [-0.15, -0.1) is 16.4 Å². The molecule has 0 saturated carbocycles. The maximum Gasteiger partial charge on any atom is 0.262 e. The van der Waals surface area contributed by atoms with Gasteiger partial charge in [-0.1, -0.05) is 16.6 Å². The monoisotopic (exact) mass is 436 g/mol. The highest BCUT2D eigenvalue weighted by atomic mass is 79.9. The molecule has 0 spiro atoms. The van der Waals surface area contributed by atoms with Crippen molar-refractivity contribution in [1.29, 1.82) is 0 Å². The molecule has 0 radical (unpaired) electrons. The summed E-state index contributed by atoms with van der Waals surface area (Å²) in [5, 5.41) is 11.3. The van der Waals surface area contributed by atoms with Gasteiger partial charge in [0.05, 0.1) is 8.66 Å². The van der Waals surface area contributed by atoms with Gasteiger partial charge in [0.15, 0.2) is 0 Å². The number of rotatable bonds is 5. The lowest BCUT2D eigenvalue weighted by atomic mass is 10.1. The highest BCUT2D eigenvalue weighted by Crippen LogP contribution is 2.22. The van der Waals surface area contributed by atoms with Crippen LogP contribution in [0.25, 0.3) is 11.3 Å². The Labute approximate surface area is 160 Å². The second-order valence-corrected chi connectivity index (χ2v) is 8.23. The lowest BCUT2D eigenvalue weighted by Gasteiger charge is -2.13. The Kier molecular flexibility index (Phi) is 5.57. The van der Waals surface area contributed by atoms with Gasteiger partial charge in [-0.05, 0) is 58.7 Å². The lowest BCUT2D eigenvalue weighted by Crippen LogP contribution is -2.41. The van der Waals surface area contributed by atoms with Crippen molar-refractivity contribution in [1.82, 2.24) is 14.9 Å². The van der Waals surface area contributed by atoms with Gasteiger partial charge in [-0.25, -0.2) is 0 Å². The molecular formula is C16H13BrN4O2S2. The molecule has 6 nitrogen and oxygen atoms in total. The molecule has 0 saturated heterocycles. The summed E-state index contributed by atoms with van der Waals surface area (Å²) < 4.78 is 4.69. The maximum atomic E-state index is 12.2. The number of hydrogen-bond donors (Lipinski definition) is 2. The van der Waals surface area contributed by atoms with E-state index in [2.05, 4.69) is 36.2 Å². The summed E-state index contributed by atoms with van der Waals surface area (Å²) in [4.78, 5) is 24.9. The fourth-order valence-electron chi connectivity index (χ4n) is 2.03. The molecule has 2 N–H and O–H groups in total. The quantitative estimate of drug-likeness (QED) is 0.636. The number of nitrogens with one attached hydrogen (secondary N) is 2. The number of thiophene rings is 1. The van der Waals surface area contributed by atoms with Crippen molar-refractivity contribution in [3.05, 3.63) is 50.4 Å². The van der Waals surface area contributed by atoms with Gasteiger partial charge in [0.1, 0.15) is 11.7 Å². The van der Waals surface area contributed by atoms with E-state index >= 15 is 0 Å². The van der Waals surface area contributed by atoms with E-state index in [-0.39, 0.29) is 11.8 Å². The number of benzene rings is 1. The zero-order chi connectivity index (χ0) is 17.8. The third-order valence-corrected chi connectivity index (χ3v) is 5.47. The third-order valence-electron chi connectivity index (χ3n) is 3.35. The Balaban J connectivity index is 1.58. The lowest BCUT2D eigenvalue weighted by molar-refractivity contribution is -0.117. The van der Waals surface area contributed by atoms with Crippen LogP contribution in [0.5, 0.6) is 0 Å². The Morgan fingerprint density at radius 2 is 1.92 bits per heavy atom. The number of halogens is 1. The highest BCUT2D eigenvalue weighted by molar-refractivity contribution is 9.11. The molecule has 0 aliphatic carbocycles. The first-order chi connectivity index (χ1) is 12.0. The van der Waals surface area contributed by atoms with Crippen LogP contribution in [0.1, 0.15) is 16.6 Å². The van der Waals surface area contributed by atoms with Crippen LogP contribution in [0.15, 0.2) is 45.6 Å². The predicted octanol–water partition coefficient (Wildman–Crippen LogP) is 3.79. The van der Waals surface area contributed by atoms with E-state index in [9.17, 15) is 9.59 Å². The first-order valence-electron chi connectivity index (χ1n) is 7.27. The molecule has 0 aliphatic heterocycles. The largest absolute Gasteiger partial charge is 0.340 e. The van der Waals surface area contributed by atoms with E-state index in [1.165, 1.54) is 22.9 Å². The van der Waals surface area contributed by atoms with Crippen molar-refractivity contribution >= 4 is 56.3 Å². The molecule has 1 unspecified atom stereocenters. The van der Waals surface area contributed by atoms with Crippen molar-refractivity contribution < 1.29 is 9.59 Å². The van der Waals surface area contributed by atoms with Gasteiger partial charge < -0.3 is 10.6 Å². The molecule has 3 aromatic rings. The number of hydrogen-bond acceptors (Lipinski definition) is 6. The van der Waals surface area contributed by atoms with Crippen LogP contribution >= 0.6 is 38.8 Å². The zero-order valence-electron chi connectivity index (χ0n) is 13.0. The molecule has 128 valence electrons. The number of carbonyl (C=O) groups excluding carboxylic acids is 2. The average Bonchev–Trinajstić information content (AvgIpc) is 3.27. The van der Waals surface area contributed by atoms with E-state index in [0.717, 1.165) is 15.0 Å². The molecule has 1 aromatic carbocycles. The van der Waals surface area contributed by atoms with Crippen LogP contribution in [0.2, 0.25) is 0 Å². The van der Waals surface area contributed by atoms with Crippen molar-refractivity contribution in [3.8, 4) is 11.3 Å². The Hall–Kier alpha value is -2.10. The van der Waals surface area contributed by atoms with Crippen molar-refractivity contribution in [3.63, 3.8) is 0 Å². The molecule has 2 amide bonds. The Bertz CT molecular complexity index is 878. The Morgan fingerprint density at radius 3 is 2.52 bits per heavy atom. The maximum absolute atomic E-state index is 12.2. The number of amides is 2. The van der Waals surface area contributed by atoms with Crippen LogP contribution in [0, 0.1) is 0 Å². The summed E-state index contributed by atoms with van der Waals surface area (Å²) in [5.74, 6) is -0.559. The number of nitrogens with zero attached hydrogens (tertiary/aromatic N) is 2. The van der Waals surface area contributed by atoms with Gasteiger partial charge in [-0.3, -0.25) is 9.59 Å². The van der Waals surface area contributed by atoms with E-state index in [4.69, 9.17) is 0 Å². The summed E-state index contributed by atoms with van der Waals surface area (Å²) >= 11 is 5.91. The van der Waals surface area contributed by atoms with Crippen LogP contribution in [-0.2, 0) is 4.79 Å². The highest BCUT2D eigenvalue weighted by Gasteiger charge is 2.18. The summed E-state index contributed by atoms with van der Waals surface area (Å²) in [6, 6.07) is 10.1. The average molecular weight is 437 g/mol. The van der Waals surface area contributed by atoms with Gasteiger partial charge in [0, 0.05) is 16.6 Å². The van der Waals surface area contributed by atoms with Gasteiger partial charge in [0.25, 0.3) is 5.91 Å². The standard InChI is InChI=1S/C16H13BrN4O2S2/c1-9(18-16(23)13-6-7-14(17)25-13)15(22)19-11-4-2-10(3-5-11)12-8-24-21-20-12/h2-9H,1H3,(H,18,23)(H,19,22). The minimum Gasteiger partial charge on any atom is -0.340 e. The van der Waals surface area contributed by atoms with Crippen molar-refractivity contribution in [2.45, 2.75) is 13.0 Å². The summed E-state index contributed by atoms with van der Waals surface area (Å²) in [7, 11) is 0. The van der Waals surface area contributed by atoms with Gasteiger partial charge in [0.2, 0.25) is 5.91 Å². The molecule has 3 rings (SSSR count). The van der Waals surface area contributed by atoms with Crippen LogP contribution < -0.4 is 10.6 Å². The number of anilines is 1. The minimum atomic E-state index is -0.657. The fraction of sp³-hybridized carbons (Fsp3) is 0.125. The summed E-state index contributed by atoms with van der Waals surface area (Å²) in [5.41, 5.74) is 2.37. The zero-order valence-corrected chi connectivity index (χ0v) is 16.2. The van der Waals surface area contributed by atoms with Crippen LogP contribution in [0.3, 0.4) is 0 Å². The molecule has 25 heavy (non-hydrogen) atoms. The fourth-order valence-corrected chi connectivity index (χ4v) is 3.79. The van der Waals surface area contributed by atoms with Gasteiger partial charge >= 0.3 is 0 Å². The normalized spacial score (nSPS) is 11.8. The predicted molar refractivity (Wildman–Crippen MR) is 103 cm³/mol. The second kappa shape index (κ2) is 7.85. The number of aromatic nitrogens is 2. The summed E-state index contributed by atoms with van der Waals surface area (Å²) in [6.07, 6.45) is 0. The minimum absolute atomic E-state index is 0.273. The van der Waals surface area contributed by atoms with E-state index < -0.39 is 6.04 Å². The summed E-state index contributed by atoms with van der Waals surface area (Å²) in [6.45, 7) is 1.64. The Morgan fingerprint density at radius 1 is 1.16 bits per heavy atom. The molecular weight excluding hydrogens is 424 g/mol. The topological polar surface area (TPSA) is 84.0 Å². The first kappa shape index (κ1) is 17.7. The van der Waals surface area contributed by atoms with Crippen molar-refractivity contribution in [2.75, 3.05) is 5.32 Å². The molecule has 1 atom stereocenters. The molecule has 9 heteroatoms. The third kappa shape index (κ3) is 4.50. The smallest absolute Gasteiger partial charge is 0.262 e. The first-order valence-corrected chi connectivity index (χ1v) is 9.72. The molecule has 0 bridgehead atoms.